The Kier molecular flexibility index (Phi) is 4.62. The van der Waals surface area contributed by atoms with E-state index in [4.69, 9.17) is 0 Å². The number of aromatic nitrogens is 2. The zero-order valence-electron chi connectivity index (χ0n) is 14.8. The lowest BCUT2D eigenvalue weighted by molar-refractivity contribution is -0.134. The van der Waals surface area contributed by atoms with Crippen LogP contribution in [0.25, 0.3) is 5.69 Å². The number of para-hydroxylation sites is 1. The average Bonchev–Trinajstić information content (AvgIpc) is 3.43. The number of amides is 4. The van der Waals surface area contributed by atoms with E-state index in [1.807, 2.05) is 36.5 Å². The van der Waals surface area contributed by atoms with Crippen molar-refractivity contribution >= 4 is 17.8 Å². The molecular formula is C19H21N5O3. The minimum Gasteiger partial charge on any atom is -0.333 e. The van der Waals surface area contributed by atoms with E-state index in [1.165, 1.54) is 0 Å². The van der Waals surface area contributed by atoms with E-state index in [0.29, 0.717) is 13.0 Å². The summed E-state index contributed by atoms with van der Waals surface area (Å²) in [5, 5.41) is 9.20. The molecule has 27 heavy (non-hydrogen) atoms. The van der Waals surface area contributed by atoms with Crippen LogP contribution in [-0.2, 0) is 16.1 Å². The third-order valence-corrected chi connectivity index (χ3v) is 4.80. The lowest BCUT2D eigenvalue weighted by Gasteiger charge is -2.26. The molecule has 2 aliphatic rings. The predicted octanol–water partition coefficient (Wildman–Crippen LogP) is 1.35. The van der Waals surface area contributed by atoms with Gasteiger partial charge in [0.25, 0.3) is 0 Å². The molecule has 8 nitrogen and oxygen atoms in total. The number of carbonyl (C=O) groups is 3. The van der Waals surface area contributed by atoms with Gasteiger partial charge in [-0.15, -0.1) is 0 Å². The topological polar surface area (TPSA) is 96.3 Å². The number of imide groups is 1. The molecule has 1 aromatic heterocycles. The maximum absolute atomic E-state index is 13.0. The van der Waals surface area contributed by atoms with Crippen molar-refractivity contribution in [2.45, 2.75) is 44.3 Å². The minimum atomic E-state index is -0.679. The van der Waals surface area contributed by atoms with Crippen molar-refractivity contribution in [3.63, 3.8) is 0 Å². The second-order valence-corrected chi connectivity index (χ2v) is 6.94. The van der Waals surface area contributed by atoms with Gasteiger partial charge < -0.3 is 10.2 Å². The van der Waals surface area contributed by atoms with Crippen LogP contribution in [0.15, 0.2) is 42.7 Å². The molecule has 2 aromatic rings. The fourth-order valence-electron chi connectivity index (χ4n) is 3.25. The number of benzene rings is 1. The molecule has 1 saturated carbocycles. The Bertz CT molecular complexity index is 859. The SMILES string of the molecule is O=C1CC[C@H](C(=O)N(Cc2cnn(-c3ccccc3)c2)C2CC2)NC(=O)N1. The first-order valence-corrected chi connectivity index (χ1v) is 9.10. The van der Waals surface area contributed by atoms with Gasteiger partial charge in [0.1, 0.15) is 6.04 Å². The van der Waals surface area contributed by atoms with Crippen LogP contribution in [0.5, 0.6) is 0 Å². The van der Waals surface area contributed by atoms with Crippen LogP contribution in [0, 0.1) is 0 Å². The predicted molar refractivity (Wildman–Crippen MR) is 96.8 cm³/mol. The Hall–Kier alpha value is -3.16. The van der Waals surface area contributed by atoms with Crippen LogP contribution in [-0.4, -0.2) is 44.6 Å². The fraction of sp³-hybridized carbons (Fsp3) is 0.368. The smallest absolute Gasteiger partial charge is 0.322 e. The monoisotopic (exact) mass is 367 g/mol. The standard InChI is InChI=1S/C19H21N5O3/c25-17-9-8-16(21-19(27)22-17)18(26)23(14-6-7-14)11-13-10-20-24(12-13)15-4-2-1-3-5-15/h1-5,10,12,14,16H,6-9,11H2,(H2,21,22,25,27)/t16-/m1/s1. The van der Waals surface area contributed by atoms with E-state index in [9.17, 15) is 14.4 Å². The lowest BCUT2D eigenvalue weighted by Crippen LogP contribution is -2.50. The Morgan fingerprint density at radius 1 is 1.19 bits per heavy atom. The van der Waals surface area contributed by atoms with Crippen molar-refractivity contribution in [3.8, 4) is 5.69 Å². The molecule has 2 fully saturated rings. The highest BCUT2D eigenvalue weighted by Crippen LogP contribution is 2.29. The van der Waals surface area contributed by atoms with Gasteiger partial charge in [0.15, 0.2) is 0 Å². The van der Waals surface area contributed by atoms with Gasteiger partial charge in [0, 0.05) is 30.8 Å². The minimum absolute atomic E-state index is 0.144. The van der Waals surface area contributed by atoms with E-state index in [0.717, 1.165) is 24.1 Å². The molecule has 4 rings (SSSR count). The zero-order chi connectivity index (χ0) is 18.8. The Morgan fingerprint density at radius 3 is 2.70 bits per heavy atom. The second-order valence-electron chi connectivity index (χ2n) is 6.94. The average molecular weight is 367 g/mol. The first-order valence-electron chi connectivity index (χ1n) is 9.10. The van der Waals surface area contributed by atoms with Crippen LogP contribution < -0.4 is 10.6 Å². The van der Waals surface area contributed by atoms with E-state index >= 15 is 0 Å². The summed E-state index contributed by atoms with van der Waals surface area (Å²) in [6.07, 6.45) is 6.04. The van der Waals surface area contributed by atoms with Gasteiger partial charge >= 0.3 is 6.03 Å². The molecule has 2 N–H and O–H groups in total. The number of urea groups is 1. The van der Waals surface area contributed by atoms with Crippen molar-refractivity contribution in [2.24, 2.45) is 0 Å². The van der Waals surface area contributed by atoms with E-state index in [-0.39, 0.29) is 24.3 Å². The molecule has 1 saturated heterocycles. The molecule has 0 bridgehead atoms. The Balaban J connectivity index is 1.48. The molecular weight excluding hydrogens is 346 g/mol. The molecule has 0 unspecified atom stereocenters. The number of rotatable bonds is 5. The quantitative estimate of drug-likeness (QED) is 0.834. The summed E-state index contributed by atoms with van der Waals surface area (Å²) in [5.74, 6) is -0.500. The number of hydrogen-bond acceptors (Lipinski definition) is 4. The van der Waals surface area contributed by atoms with Crippen molar-refractivity contribution in [1.29, 1.82) is 0 Å². The summed E-state index contributed by atoms with van der Waals surface area (Å²) in [6.45, 7) is 0.435. The van der Waals surface area contributed by atoms with E-state index in [1.54, 1.807) is 15.8 Å². The van der Waals surface area contributed by atoms with Gasteiger partial charge in [-0.3, -0.25) is 14.9 Å². The fourth-order valence-corrected chi connectivity index (χ4v) is 3.25. The first kappa shape index (κ1) is 17.3. The summed E-state index contributed by atoms with van der Waals surface area (Å²) >= 11 is 0. The highest BCUT2D eigenvalue weighted by Gasteiger charge is 2.37. The van der Waals surface area contributed by atoms with Crippen LogP contribution in [0.4, 0.5) is 4.79 Å². The molecule has 1 atom stereocenters. The lowest BCUT2D eigenvalue weighted by atomic mass is 10.1. The van der Waals surface area contributed by atoms with Gasteiger partial charge in [-0.05, 0) is 31.4 Å². The summed E-state index contributed by atoms with van der Waals surface area (Å²) in [7, 11) is 0. The summed E-state index contributed by atoms with van der Waals surface area (Å²) in [4.78, 5) is 38.0. The second kappa shape index (κ2) is 7.22. The highest BCUT2D eigenvalue weighted by atomic mass is 16.2. The van der Waals surface area contributed by atoms with Crippen LogP contribution in [0.1, 0.15) is 31.2 Å². The van der Waals surface area contributed by atoms with Crippen LogP contribution in [0.3, 0.4) is 0 Å². The molecule has 0 spiro atoms. The number of carbonyl (C=O) groups excluding carboxylic acids is 3. The first-order chi connectivity index (χ1) is 13.1. The van der Waals surface area contributed by atoms with Gasteiger partial charge in [-0.25, -0.2) is 9.48 Å². The van der Waals surface area contributed by atoms with E-state index in [2.05, 4.69) is 15.7 Å². The Morgan fingerprint density at radius 2 is 1.96 bits per heavy atom. The molecule has 1 aliphatic heterocycles. The summed E-state index contributed by atoms with van der Waals surface area (Å²) < 4.78 is 1.78. The summed E-state index contributed by atoms with van der Waals surface area (Å²) in [5.41, 5.74) is 1.88. The largest absolute Gasteiger partial charge is 0.333 e. The van der Waals surface area contributed by atoms with E-state index < -0.39 is 12.1 Å². The number of nitrogens with zero attached hydrogens (tertiary/aromatic N) is 3. The van der Waals surface area contributed by atoms with Crippen LogP contribution in [0.2, 0.25) is 0 Å². The number of hydrogen-bond donors (Lipinski definition) is 2. The summed E-state index contributed by atoms with van der Waals surface area (Å²) in [6, 6.07) is 8.66. The van der Waals surface area contributed by atoms with Gasteiger partial charge in [0.2, 0.25) is 11.8 Å². The molecule has 4 amide bonds. The van der Waals surface area contributed by atoms with Crippen molar-refractivity contribution in [2.75, 3.05) is 0 Å². The molecule has 1 aliphatic carbocycles. The van der Waals surface area contributed by atoms with Crippen molar-refractivity contribution in [3.05, 3.63) is 48.3 Å². The molecule has 2 heterocycles. The molecule has 140 valence electrons. The maximum Gasteiger partial charge on any atom is 0.322 e. The molecule has 1 aromatic carbocycles. The zero-order valence-corrected chi connectivity index (χ0v) is 14.8. The molecule has 0 radical (unpaired) electrons. The van der Waals surface area contributed by atoms with Crippen molar-refractivity contribution < 1.29 is 14.4 Å². The van der Waals surface area contributed by atoms with Crippen LogP contribution >= 0.6 is 0 Å². The third kappa shape index (κ3) is 3.99. The van der Waals surface area contributed by atoms with Crippen molar-refractivity contribution in [1.82, 2.24) is 25.3 Å². The normalized spacial score (nSPS) is 19.8. The maximum atomic E-state index is 13.0. The molecule has 8 heteroatoms. The third-order valence-electron chi connectivity index (χ3n) is 4.80. The number of nitrogens with one attached hydrogen (secondary N) is 2. The van der Waals surface area contributed by atoms with Gasteiger partial charge in [0.05, 0.1) is 11.9 Å². The Labute approximate surface area is 156 Å². The van der Waals surface area contributed by atoms with Gasteiger partial charge in [-0.1, -0.05) is 18.2 Å². The highest BCUT2D eigenvalue weighted by molar-refractivity contribution is 5.98. The van der Waals surface area contributed by atoms with Gasteiger partial charge in [-0.2, -0.15) is 5.10 Å².